The lowest BCUT2D eigenvalue weighted by Gasteiger charge is -2.30. The van der Waals surface area contributed by atoms with Gasteiger partial charge in [-0.1, -0.05) is 13.0 Å². The van der Waals surface area contributed by atoms with E-state index < -0.39 is 5.54 Å². The lowest BCUT2D eigenvalue weighted by Crippen LogP contribution is -2.52. The fraction of sp³-hybridized carbons (Fsp3) is 0.600. The standard InChI is InChI=1S/C15H22N2O2S/c1-11(20-13-6-4-5-9-16-13)10-15(2,14(18)19-3)17-12-7-8-12/h4-6,9,11-12,17H,7-8,10H2,1-3H3. The van der Waals surface area contributed by atoms with Crippen LogP contribution in [0, 0.1) is 0 Å². The van der Waals surface area contributed by atoms with Crippen LogP contribution < -0.4 is 5.32 Å². The summed E-state index contributed by atoms with van der Waals surface area (Å²) >= 11 is 1.69. The molecule has 0 radical (unpaired) electrons. The van der Waals surface area contributed by atoms with E-state index in [1.165, 1.54) is 7.11 Å². The molecule has 0 spiro atoms. The number of rotatable bonds is 7. The van der Waals surface area contributed by atoms with Gasteiger partial charge in [0.1, 0.15) is 5.54 Å². The van der Waals surface area contributed by atoms with Crippen LogP contribution in [0.3, 0.4) is 0 Å². The van der Waals surface area contributed by atoms with E-state index in [9.17, 15) is 4.79 Å². The van der Waals surface area contributed by atoms with Gasteiger partial charge in [-0.2, -0.15) is 0 Å². The summed E-state index contributed by atoms with van der Waals surface area (Å²) in [6, 6.07) is 6.34. The van der Waals surface area contributed by atoms with Gasteiger partial charge in [-0.3, -0.25) is 10.1 Å². The normalized spacial score (nSPS) is 19.1. The van der Waals surface area contributed by atoms with Crippen molar-refractivity contribution in [2.75, 3.05) is 7.11 Å². The summed E-state index contributed by atoms with van der Waals surface area (Å²) in [5.74, 6) is -0.183. The van der Waals surface area contributed by atoms with E-state index in [0.717, 1.165) is 24.3 Å². The van der Waals surface area contributed by atoms with Gasteiger partial charge >= 0.3 is 5.97 Å². The van der Waals surface area contributed by atoms with Gasteiger partial charge < -0.3 is 4.74 Å². The maximum atomic E-state index is 12.1. The van der Waals surface area contributed by atoms with Gasteiger partial charge in [-0.15, -0.1) is 11.8 Å². The van der Waals surface area contributed by atoms with Crippen LogP contribution in [0.5, 0.6) is 0 Å². The molecule has 1 aliphatic carbocycles. The molecule has 0 bridgehead atoms. The number of nitrogens with zero attached hydrogens (tertiary/aromatic N) is 1. The van der Waals surface area contributed by atoms with Crippen LogP contribution in [-0.4, -0.2) is 34.9 Å². The van der Waals surface area contributed by atoms with E-state index in [4.69, 9.17) is 4.74 Å². The Morgan fingerprint density at radius 1 is 1.60 bits per heavy atom. The number of ether oxygens (including phenoxy) is 1. The number of methoxy groups -OCH3 is 1. The Balaban J connectivity index is 1.97. The fourth-order valence-corrected chi connectivity index (χ4v) is 3.45. The third kappa shape index (κ3) is 4.21. The number of hydrogen-bond donors (Lipinski definition) is 1. The maximum Gasteiger partial charge on any atom is 0.325 e. The maximum absolute atomic E-state index is 12.1. The highest BCUT2D eigenvalue weighted by atomic mass is 32.2. The van der Waals surface area contributed by atoms with Gasteiger partial charge in [0.15, 0.2) is 0 Å². The van der Waals surface area contributed by atoms with Gasteiger partial charge in [-0.05, 0) is 38.3 Å². The molecule has 0 amide bonds. The number of aromatic nitrogens is 1. The molecule has 4 nitrogen and oxygen atoms in total. The molecule has 2 atom stereocenters. The third-order valence-electron chi connectivity index (χ3n) is 3.39. The molecule has 1 fully saturated rings. The molecule has 5 heteroatoms. The SMILES string of the molecule is COC(=O)C(C)(CC(C)Sc1ccccn1)NC1CC1. The average molecular weight is 294 g/mol. The van der Waals surface area contributed by atoms with Crippen molar-refractivity contribution in [3.63, 3.8) is 0 Å². The molecule has 1 aromatic rings. The predicted octanol–water partition coefficient (Wildman–Crippen LogP) is 2.64. The van der Waals surface area contributed by atoms with Crippen LogP contribution in [-0.2, 0) is 9.53 Å². The lowest BCUT2D eigenvalue weighted by atomic mass is 9.96. The van der Waals surface area contributed by atoms with E-state index in [1.54, 1.807) is 18.0 Å². The van der Waals surface area contributed by atoms with Crippen LogP contribution >= 0.6 is 11.8 Å². The van der Waals surface area contributed by atoms with Crippen molar-refractivity contribution in [3.8, 4) is 0 Å². The van der Waals surface area contributed by atoms with Gasteiger partial charge in [-0.25, -0.2) is 4.98 Å². The summed E-state index contributed by atoms with van der Waals surface area (Å²) in [4.78, 5) is 16.4. The summed E-state index contributed by atoms with van der Waals surface area (Å²) in [6.07, 6.45) is 4.80. The zero-order valence-corrected chi connectivity index (χ0v) is 13.1. The van der Waals surface area contributed by atoms with Crippen LogP contribution in [0.2, 0.25) is 0 Å². The third-order valence-corrected chi connectivity index (χ3v) is 4.44. The Morgan fingerprint density at radius 2 is 2.35 bits per heavy atom. The average Bonchev–Trinajstić information content (AvgIpc) is 3.22. The van der Waals surface area contributed by atoms with Crippen molar-refractivity contribution in [2.45, 2.75) is 55.0 Å². The van der Waals surface area contributed by atoms with Crippen LogP contribution in [0.1, 0.15) is 33.1 Å². The van der Waals surface area contributed by atoms with Gasteiger partial charge in [0.05, 0.1) is 12.1 Å². The van der Waals surface area contributed by atoms with Crippen LogP contribution in [0.4, 0.5) is 0 Å². The molecule has 2 rings (SSSR count). The molecule has 1 heterocycles. The highest BCUT2D eigenvalue weighted by Crippen LogP contribution is 2.31. The van der Waals surface area contributed by atoms with Crippen molar-refractivity contribution in [3.05, 3.63) is 24.4 Å². The molecular formula is C15H22N2O2S. The molecule has 0 saturated heterocycles. The Kier molecular flexibility index (Phi) is 5.05. The second-order valence-corrected chi connectivity index (χ2v) is 7.00. The lowest BCUT2D eigenvalue weighted by molar-refractivity contribution is -0.148. The number of nitrogens with one attached hydrogen (secondary N) is 1. The van der Waals surface area contributed by atoms with Gasteiger partial charge in [0, 0.05) is 17.5 Å². The Morgan fingerprint density at radius 3 is 2.90 bits per heavy atom. The molecule has 1 saturated carbocycles. The Labute approximate surface area is 124 Å². The quantitative estimate of drug-likeness (QED) is 0.619. The molecule has 20 heavy (non-hydrogen) atoms. The smallest absolute Gasteiger partial charge is 0.325 e. The predicted molar refractivity (Wildman–Crippen MR) is 80.8 cm³/mol. The van der Waals surface area contributed by atoms with E-state index in [1.807, 2.05) is 25.1 Å². The van der Waals surface area contributed by atoms with Crippen molar-refractivity contribution in [1.29, 1.82) is 0 Å². The van der Waals surface area contributed by atoms with Gasteiger partial charge in [0.2, 0.25) is 0 Å². The molecule has 0 aliphatic heterocycles. The Bertz CT molecular complexity index is 450. The van der Waals surface area contributed by atoms with Crippen molar-refractivity contribution < 1.29 is 9.53 Å². The van der Waals surface area contributed by atoms with E-state index in [-0.39, 0.29) is 11.2 Å². The van der Waals surface area contributed by atoms with Crippen molar-refractivity contribution >= 4 is 17.7 Å². The van der Waals surface area contributed by atoms with Crippen molar-refractivity contribution in [1.82, 2.24) is 10.3 Å². The first kappa shape index (κ1) is 15.3. The Hall–Kier alpha value is -1.07. The summed E-state index contributed by atoms with van der Waals surface area (Å²) < 4.78 is 4.97. The van der Waals surface area contributed by atoms with Gasteiger partial charge in [0.25, 0.3) is 0 Å². The summed E-state index contributed by atoms with van der Waals surface area (Å²) in [5, 5.41) is 4.69. The number of esters is 1. The summed E-state index contributed by atoms with van der Waals surface area (Å²) in [7, 11) is 1.45. The number of pyridine rings is 1. The minimum atomic E-state index is -0.614. The second-order valence-electron chi connectivity index (χ2n) is 5.54. The summed E-state index contributed by atoms with van der Waals surface area (Å²) in [5.41, 5.74) is -0.614. The topological polar surface area (TPSA) is 51.2 Å². The number of carbonyl (C=O) groups excluding carboxylic acids is 1. The van der Waals surface area contributed by atoms with Crippen LogP contribution in [0.25, 0.3) is 0 Å². The summed E-state index contributed by atoms with van der Waals surface area (Å²) in [6.45, 7) is 4.06. The first-order chi connectivity index (χ1) is 9.53. The number of thioether (sulfide) groups is 1. The van der Waals surface area contributed by atoms with Crippen molar-refractivity contribution in [2.24, 2.45) is 0 Å². The molecule has 110 valence electrons. The molecule has 0 aromatic carbocycles. The van der Waals surface area contributed by atoms with E-state index >= 15 is 0 Å². The fourth-order valence-electron chi connectivity index (χ4n) is 2.34. The second kappa shape index (κ2) is 6.59. The minimum absolute atomic E-state index is 0.183. The first-order valence-electron chi connectivity index (χ1n) is 6.97. The first-order valence-corrected chi connectivity index (χ1v) is 7.85. The molecule has 1 aliphatic rings. The highest BCUT2D eigenvalue weighted by Gasteiger charge is 2.40. The number of carbonyl (C=O) groups is 1. The van der Waals surface area contributed by atoms with Crippen LogP contribution in [0.15, 0.2) is 29.4 Å². The number of hydrogen-bond acceptors (Lipinski definition) is 5. The zero-order chi connectivity index (χ0) is 14.6. The molecule has 2 unspecified atom stereocenters. The molecule has 1 N–H and O–H groups in total. The monoisotopic (exact) mass is 294 g/mol. The molecular weight excluding hydrogens is 272 g/mol. The molecule has 1 aromatic heterocycles. The van der Waals surface area contributed by atoms with E-state index in [2.05, 4.69) is 17.2 Å². The zero-order valence-electron chi connectivity index (χ0n) is 12.3. The highest BCUT2D eigenvalue weighted by molar-refractivity contribution is 7.99. The largest absolute Gasteiger partial charge is 0.468 e. The minimum Gasteiger partial charge on any atom is -0.468 e. The van der Waals surface area contributed by atoms with E-state index in [0.29, 0.717) is 6.04 Å².